The van der Waals surface area contributed by atoms with E-state index in [9.17, 15) is 19.1 Å². The van der Waals surface area contributed by atoms with Gasteiger partial charge in [0.05, 0.1) is 0 Å². The molecule has 1 aromatic heterocycles. The number of aromatic nitrogens is 1. The third-order valence-corrected chi connectivity index (χ3v) is 4.67. The maximum absolute atomic E-state index is 13.4. The van der Waals surface area contributed by atoms with E-state index >= 15 is 0 Å². The maximum Gasteiger partial charge on any atom is 0.254 e. The Bertz CT molecular complexity index is 847. The number of pyridine rings is 1. The van der Waals surface area contributed by atoms with Crippen LogP contribution in [0.1, 0.15) is 24.1 Å². The Morgan fingerprint density at radius 3 is 2.84 bits per heavy atom. The number of aromatic hydroxyl groups is 1. The summed E-state index contributed by atoms with van der Waals surface area (Å²) >= 11 is 0. The van der Waals surface area contributed by atoms with Crippen molar-refractivity contribution in [1.29, 1.82) is 0 Å². The van der Waals surface area contributed by atoms with Crippen molar-refractivity contribution in [1.82, 2.24) is 9.47 Å². The van der Waals surface area contributed by atoms with E-state index in [2.05, 4.69) is 0 Å². The molecule has 1 fully saturated rings. The largest absolute Gasteiger partial charge is 0.508 e. The predicted molar refractivity (Wildman–Crippen MR) is 91.9 cm³/mol. The molecule has 1 atom stereocenters. The summed E-state index contributed by atoms with van der Waals surface area (Å²) in [4.78, 5) is 26.5. The van der Waals surface area contributed by atoms with Crippen molar-refractivity contribution in [2.24, 2.45) is 0 Å². The van der Waals surface area contributed by atoms with E-state index in [1.54, 1.807) is 17.9 Å². The van der Waals surface area contributed by atoms with Crippen molar-refractivity contribution < 1.29 is 14.3 Å². The second kappa shape index (κ2) is 7.09. The fourth-order valence-corrected chi connectivity index (χ4v) is 3.45. The molecule has 1 saturated heterocycles. The Morgan fingerprint density at radius 1 is 1.32 bits per heavy atom. The van der Waals surface area contributed by atoms with Gasteiger partial charge in [0.15, 0.2) is 0 Å². The van der Waals surface area contributed by atoms with Gasteiger partial charge in [-0.25, -0.2) is 4.39 Å². The summed E-state index contributed by atoms with van der Waals surface area (Å²) < 4.78 is 14.7. The molecule has 1 aliphatic heterocycles. The van der Waals surface area contributed by atoms with Crippen LogP contribution in [0.25, 0.3) is 0 Å². The molecule has 1 aliphatic rings. The highest BCUT2D eigenvalue weighted by Crippen LogP contribution is 2.22. The lowest BCUT2D eigenvalue weighted by Gasteiger charge is -2.25. The van der Waals surface area contributed by atoms with Gasteiger partial charge in [0, 0.05) is 24.3 Å². The molecule has 2 heterocycles. The Hall–Kier alpha value is -2.63. The lowest BCUT2D eigenvalue weighted by atomic mass is 10.0. The molecule has 0 aliphatic carbocycles. The molecule has 1 amide bonds. The quantitative estimate of drug-likeness (QED) is 0.925. The molecule has 3 rings (SSSR count). The smallest absolute Gasteiger partial charge is 0.254 e. The van der Waals surface area contributed by atoms with Crippen LogP contribution in [0.4, 0.5) is 4.39 Å². The van der Waals surface area contributed by atoms with E-state index in [4.69, 9.17) is 0 Å². The van der Waals surface area contributed by atoms with Gasteiger partial charge >= 0.3 is 0 Å². The normalized spacial score (nSPS) is 17.0. The number of amides is 1. The minimum absolute atomic E-state index is 0.0161. The standard InChI is InChI=1S/C19H21FN2O3/c1-13-8-17(23)11-18(24)22(13)12-19(25)21-7-3-6-16(21)10-14-4-2-5-15(20)9-14/h2,4-5,8-9,11,16,23H,3,6-7,10,12H2,1H3/t16-/m1/s1. The third kappa shape index (κ3) is 3.90. The van der Waals surface area contributed by atoms with E-state index in [1.807, 2.05) is 6.07 Å². The first kappa shape index (κ1) is 17.2. The molecule has 0 radical (unpaired) electrons. The Morgan fingerprint density at radius 2 is 2.12 bits per heavy atom. The Labute approximate surface area is 145 Å². The molecule has 132 valence electrons. The maximum atomic E-state index is 13.4. The van der Waals surface area contributed by atoms with Gasteiger partial charge in [0.2, 0.25) is 5.91 Å². The van der Waals surface area contributed by atoms with Crippen LogP contribution in [0, 0.1) is 12.7 Å². The zero-order valence-electron chi connectivity index (χ0n) is 14.1. The van der Waals surface area contributed by atoms with Crippen molar-refractivity contribution in [2.45, 2.75) is 38.8 Å². The summed E-state index contributed by atoms with van der Waals surface area (Å²) in [5.74, 6) is -0.509. The molecule has 1 aromatic carbocycles. The van der Waals surface area contributed by atoms with Crippen molar-refractivity contribution in [3.05, 3.63) is 63.8 Å². The number of halogens is 1. The molecule has 0 bridgehead atoms. The lowest BCUT2D eigenvalue weighted by Crippen LogP contribution is -2.40. The molecule has 1 N–H and O–H groups in total. The lowest BCUT2D eigenvalue weighted by molar-refractivity contribution is -0.132. The first-order valence-electron chi connectivity index (χ1n) is 8.38. The SMILES string of the molecule is Cc1cc(O)cc(=O)n1CC(=O)N1CCC[C@@H]1Cc1cccc(F)c1. The fraction of sp³-hybridized carbons (Fsp3) is 0.368. The van der Waals surface area contributed by atoms with Gasteiger partial charge in [-0.3, -0.25) is 9.59 Å². The van der Waals surface area contributed by atoms with Gasteiger partial charge < -0.3 is 14.6 Å². The molecular weight excluding hydrogens is 323 g/mol. The van der Waals surface area contributed by atoms with Crippen molar-refractivity contribution in [2.75, 3.05) is 6.54 Å². The van der Waals surface area contributed by atoms with Crippen LogP contribution in [0.2, 0.25) is 0 Å². The number of nitrogens with zero attached hydrogens (tertiary/aromatic N) is 2. The summed E-state index contributed by atoms with van der Waals surface area (Å²) in [7, 11) is 0. The van der Waals surface area contributed by atoms with Gasteiger partial charge in [0.25, 0.3) is 5.56 Å². The minimum atomic E-state index is -0.397. The third-order valence-electron chi connectivity index (χ3n) is 4.67. The van der Waals surface area contributed by atoms with E-state index in [0.29, 0.717) is 18.7 Å². The van der Waals surface area contributed by atoms with E-state index in [-0.39, 0.29) is 30.1 Å². The zero-order valence-corrected chi connectivity index (χ0v) is 14.1. The molecule has 2 aromatic rings. The highest BCUT2D eigenvalue weighted by molar-refractivity contribution is 5.76. The number of hydrogen-bond donors (Lipinski definition) is 1. The first-order chi connectivity index (χ1) is 11.9. The number of carbonyl (C=O) groups excluding carboxylic acids is 1. The summed E-state index contributed by atoms with van der Waals surface area (Å²) in [6.45, 7) is 2.28. The number of carbonyl (C=O) groups is 1. The Balaban J connectivity index is 1.74. The predicted octanol–water partition coefficient (Wildman–Crippen LogP) is 2.24. The number of benzene rings is 1. The van der Waals surface area contributed by atoms with Gasteiger partial charge in [0.1, 0.15) is 18.1 Å². The molecule has 5 nitrogen and oxygen atoms in total. The number of hydrogen-bond acceptors (Lipinski definition) is 3. The zero-order chi connectivity index (χ0) is 18.0. The summed E-state index contributed by atoms with van der Waals surface area (Å²) in [6.07, 6.45) is 2.37. The minimum Gasteiger partial charge on any atom is -0.508 e. The van der Waals surface area contributed by atoms with Gasteiger partial charge in [-0.05, 0) is 49.9 Å². The molecule has 6 heteroatoms. The second-order valence-electron chi connectivity index (χ2n) is 6.50. The van der Waals surface area contributed by atoms with Crippen LogP contribution >= 0.6 is 0 Å². The number of rotatable bonds is 4. The average Bonchev–Trinajstić information content (AvgIpc) is 2.99. The average molecular weight is 344 g/mol. The van der Waals surface area contributed by atoms with E-state index in [1.165, 1.54) is 22.8 Å². The molecule has 0 saturated carbocycles. The summed E-state index contributed by atoms with van der Waals surface area (Å²) in [6, 6.07) is 9.01. The van der Waals surface area contributed by atoms with Crippen LogP contribution in [0.5, 0.6) is 5.75 Å². The summed E-state index contributed by atoms with van der Waals surface area (Å²) in [5.41, 5.74) is 1.01. The van der Waals surface area contributed by atoms with Crippen LogP contribution in [0.15, 0.2) is 41.2 Å². The van der Waals surface area contributed by atoms with E-state index < -0.39 is 5.56 Å². The number of aryl methyl sites for hydroxylation is 1. The molecule has 0 spiro atoms. The highest BCUT2D eigenvalue weighted by atomic mass is 19.1. The Kier molecular flexibility index (Phi) is 4.88. The van der Waals surface area contributed by atoms with Crippen LogP contribution in [-0.2, 0) is 17.8 Å². The van der Waals surface area contributed by atoms with Crippen LogP contribution in [0.3, 0.4) is 0 Å². The fourth-order valence-electron chi connectivity index (χ4n) is 3.45. The van der Waals surface area contributed by atoms with Gasteiger partial charge in [-0.1, -0.05) is 12.1 Å². The van der Waals surface area contributed by atoms with E-state index in [0.717, 1.165) is 24.5 Å². The van der Waals surface area contributed by atoms with Gasteiger partial charge in [-0.2, -0.15) is 0 Å². The van der Waals surface area contributed by atoms with Gasteiger partial charge in [-0.15, -0.1) is 0 Å². The molecule has 25 heavy (non-hydrogen) atoms. The van der Waals surface area contributed by atoms with Crippen molar-refractivity contribution in [3.8, 4) is 5.75 Å². The van der Waals surface area contributed by atoms with Crippen LogP contribution in [-0.4, -0.2) is 33.1 Å². The number of likely N-dealkylation sites (tertiary alicyclic amines) is 1. The second-order valence-corrected chi connectivity index (χ2v) is 6.50. The molecular formula is C19H21FN2O3. The van der Waals surface area contributed by atoms with Crippen molar-refractivity contribution in [3.63, 3.8) is 0 Å². The first-order valence-corrected chi connectivity index (χ1v) is 8.38. The molecule has 0 unspecified atom stereocenters. The highest BCUT2D eigenvalue weighted by Gasteiger charge is 2.29. The van der Waals surface area contributed by atoms with Crippen molar-refractivity contribution >= 4 is 5.91 Å². The topological polar surface area (TPSA) is 62.5 Å². The monoisotopic (exact) mass is 344 g/mol. The van der Waals surface area contributed by atoms with Crippen LogP contribution < -0.4 is 5.56 Å². The summed E-state index contributed by atoms with van der Waals surface area (Å²) in [5, 5.41) is 9.45.